The maximum Gasteiger partial charge on any atom is 0.408 e. The van der Waals surface area contributed by atoms with E-state index in [0.29, 0.717) is 0 Å². The first-order valence-corrected chi connectivity index (χ1v) is 10.2. The van der Waals surface area contributed by atoms with Gasteiger partial charge in [0.05, 0.1) is 0 Å². The molecule has 0 saturated carbocycles. The molecule has 0 aliphatic rings. The number of benzene rings is 2. The van der Waals surface area contributed by atoms with E-state index in [1.807, 2.05) is 61.5 Å². The summed E-state index contributed by atoms with van der Waals surface area (Å²) < 4.78 is 5.31. The van der Waals surface area contributed by atoms with Gasteiger partial charge in [-0.25, -0.2) is 4.79 Å². The molecule has 0 spiro atoms. The Morgan fingerprint density at radius 1 is 0.903 bits per heavy atom. The molecule has 0 bridgehead atoms. The lowest BCUT2D eigenvalue weighted by atomic mass is 9.99. The second kappa shape index (κ2) is 10.6. The molecule has 4 N–H and O–H groups in total. The molecule has 2 rings (SSSR count). The lowest BCUT2D eigenvalue weighted by Crippen LogP contribution is -2.54. The Kier molecular flexibility index (Phi) is 8.19. The largest absolute Gasteiger partial charge is 0.444 e. The summed E-state index contributed by atoms with van der Waals surface area (Å²) in [4.78, 5) is 37.4. The Morgan fingerprint density at radius 2 is 1.52 bits per heavy atom. The molecule has 0 aromatic heterocycles. The summed E-state index contributed by atoms with van der Waals surface area (Å²) in [6, 6.07) is 15.0. The fourth-order valence-electron chi connectivity index (χ4n) is 3.06. The van der Waals surface area contributed by atoms with E-state index < -0.39 is 35.6 Å². The predicted molar refractivity (Wildman–Crippen MR) is 119 cm³/mol. The van der Waals surface area contributed by atoms with Crippen molar-refractivity contribution in [3.8, 4) is 0 Å². The molecule has 3 amide bonds. The van der Waals surface area contributed by atoms with Crippen LogP contribution in [0, 0.1) is 6.92 Å². The fourth-order valence-corrected chi connectivity index (χ4v) is 3.06. The van der Waals surface area contributed by atoms with E-state index in [2.05, 4.69) is 10.6 Å². The number of nitrogens with two attached hydrogens (primary N) is 1. The van der Waals surface area contributed by atoms with Crippen LogP contribution in [0.1, 0.15) is 37.5 Å². The normalized spacial score (nSPS) is 13.0. The van der Waals surface area contributed by atoms with Crippen molar-refractivity contribution in [2.24, 2.45) is 5.73 Å². The van der Waals surface area contributed by atoms with E-state index >= 15 is 0 Å². The third-order valence-corrected chi connectivity index (χ3v) is 4.64. The van der Waals surface area contributed by atoms with Gasteiger partial charge in [-0.1, -0.05) is 54.6 Å². The van der Waals surface area contributed by atoms with Crippen molar-refractivity contribution in [3.05, 3.63) is 71.3 Å². The molecular formula is C24H31N3O4. The van der Waals surface area contributed by atoms with Gasteiger partial charge in [-0.2, -0.15) is 0 Å². The highest BCUT2D eigenvalue weighted by Gasteiger charge is 2.28. The van der Waals surface area contributed by atoms with Crippen LogP contribution in [-0.4, -0.2) is 35.6 Å². The van der Waals surface area contributed by atoms with E-state index in [9.17, 15) is 14.4 Å². The number of hydrogen-bond donors (Lipinski definition) is 3. The van der Waals surface area contributed by atoms with Gasteiger partial charge in [-0.3, -0.25) is 9.59 Å². The molecular weight excluding hydrogens is 394 g/mol. The first-order valence-electron chi connectivity index (χ1n) is 10.2. The number of primary amides is 1. The van der Waals surface area contributed by atoms with Crippen LogP contribution >= 0.6 is 0 Å². The summed E-state index contributed by atoms with van der Waals surface area (Å²) in [5, 5.41) is 5.32. The molecule has 0 aliphatic carbocycles. The molecule has 7 nitrogen and oxygen atoms in total. The average Bonchev–Trinajstić information content (AvgIpc) is 2.67. The molecule has 0 heterocycles. The van der Waals surface area contributed by atoms with Crippen LogP contribution in [0.25, 0.3) is 0 Å². The summed E-state index contributed by atoms with van der Waals surface area (Å²) in [6.07, 6.45) is -0.208. The van der Waals surface area contributed by atoms with Gasteiger partial charge in [0.25, 0.3) is 0 Å². The summed E-state index contributed by atoms with van der Waals surface area (Å²) >= 11 is 0. The van der Waals surface area contributed by atoms with Crippen molar-refractivity contribution < 1.29 is 19.1 Å². The second-order valence-corrected chi connectivity index (χ2v) is 8.48. The van der Waals surface area contributed by atoms with Gasteiger partial charge >= 0.3 is 6.09 Å². The number of amides is 3. The van der Waals surface area contributed by atoms with Gasteiger partial charge in [0.2, 0.25) is 11.8 Å². The molecule has 31 heavy (non-hydrogen) atoms. The number of aryl methyl sites for hydroxylation is 1. The van der Waals surface area contributed by atoms with E-state index in [0.717, 1.165) is 16.7 Å². The minimum Gasteiger partial charge on any atom is -0.444 e. The number of carbonyl (C=O) groups excluding carboxylic acids is 3. The fraction of sp³-hybridized carbons (Fsp3) is 0.375. The van der Waals surface area contributed by atoms with E-state index in [1.165, 1.54) is 0 Å². The van der Waals surface area contributed by atoms with Crippen molar-refractivity contribution >= 4 is 17.9 Å². The quantitative estimate of drug-likeness (QED) is 0.604. The first kappa shape index (κ1) is 23.9. The Balaban J connectivity index is 2.19. The molecule has 0 aliphatic heterocycles. The number of nitrogens with one attached hydrogen (secondary N) is 2. The van der Waals surface area contributed by atoms with Crippen LogP contribution < -0.4 is 16.4 Å². The number of alkyl carbamates (subject to hydrolysis) is 1. The molecule has 0 unspecified atom stereocenters. The third kappa shape index (κ3) is 8.12. The predicted octanol–water partition coefficient (Wildman–Crippen LogP) is 2.64. The zero-order chi connectivity index (χ0) is 23.0. The SMILES string of the molecule is Cc1ccccc1C[C@H](NC(=O)OC(C)(C)C)C(=O)N[C@@H](Cc1ccccc1)C(N)=O. The molecule has 7 heteroatoms. The Morgan fingerprint density at radius 3 is 2.10 bits per heavy atom. The highest BCUT2D eigenvalue weighted by molar-refractivity contribution is 5.91. The smallest absolute Gasteiger partial charge is 0.408 e. The van der Waals surface area contributed by atoms with Crippen LogP contribution in [0.3, 0.4) is 0 Å². The third-order valence-electron chi connectivity index (χ3n) is 4.64. The molecule has 0 saturated heterocycles. The number of carbonyl (C=O) groups is 3. The Labute approximate surface area is 183 Å². The van der Waals surface area contributed by atoms with Gasteiger partial charge in [0.15, 0.2) is 0 Å². The summed E-state index contributed by atoms with van der Waals surface area (Å²) in [5.74, 6) is -1.15. The molecule has 2 aromatic carbocycles. The summed E-state index contributed by atoms with van der Waals surface area (Å²) in [6.45, 7) is 7.16. The van der Waals surface area contributed by atoms with Gasteiger partial charge < -0.3 is 21.1 Å². The Bertz CT molecular complexity index is 907. The van der Waals surface area contributed by atoms with E-state index in [4.69, 9.17) is 10.5 Å². The molecule has 0 fully saturated rings. The zero-order valence-electron chi connectivity index (χ0n) is 18.5. The highest BCUT2D eigenvalue weighted by atomic mass is 16.6. The van der Waals surface area contributed by atoms with Crippen molar-refractivity contribution in [3.63, 3.8) is 0 Å². The lowest BCUT2D eigenvalue weighted by Gasteiger charge is -2.25. The summed E-state index contributed by atoms with van der Waals surface area (Å²) in [5.41, 5.74) is 7.57. The van der Waals surface area contributed by atoms with Gasteiger partial charge in [0, 0.05) is 12.8 Å². The lowest BCUT2D eigenvalue weighted by molar-refractivity contribution is -0.128. The van der Waals surface area contributed by atoms with Crippen molar-refractivity contribution in [1.29, 1.82) is 0 Å². The topological polar surface area (TPSA) is 111 Å². The highest BCUT2D eigenvalue weighted by Crippen LogP contribution is 2.12. The molecule has 2 aromatic rings. The van der Waals surface area contributed by atoms with Crippen LogP contribution in [0.4, 0.5) is 4.79 Å². The van der Waals surface area contributed by atoms with Crippen molar-refractivity contribution in [1.82, 2.24) is 10.6 Å². The van der Waals surface area contributed by atoms with Crippen LogP contribution in [0.5, 0.6) is 0 Å². The summed E-state index contributed by atoms with van der Waals surface area (Å²) in [7, 11) is 0. The number of ether oxygens (including phenoxy) is 1. The standard InChI is InChI=1S/C24H31N3O4/c1-16-10-8-9-13-18(16)15-20(27-23(30)31-24(2,3)4)22(29)26-19(21(25)28)14-17-11-6-5-7-12-17/h5-13,19-20H,14-15H2,1-4H3,(H2,25,28)(H,26,29)(H,27,30)/t19-,20-/m0/s1. The van der Waals surface area contributed by atoms with E-state index in [-0.39, 0.29) is 12.8 Å². The van der Waals surface area contributed by atoms with Crippen molar-refractivity contribution in [2.45, 2.75) is 58.2 Å². The van der Waals surface area contributed by atoms with Crippen LogP contribution in [0.2, 0.25) is 0 Å². The second-order valence-electron chi connectivity index (χ2n) is 8.48. The van der Waals surface area contributed by atoms with Crippen LogP contribution in [0.15, 0.2) is 54.6 Å². The monoisotopic (exact) mass is 425 g/mol. The van der Waals surface area contributed by atoms with Gasteiger partial charge in [-0.15, -0.1) is 0 Å². The molecule has 2 atom stereocenters. The minimum atomic E-state index is -0.937. The zero-order valence-corrected chi connectivity index (χ0v) is 18.5. The Hall–Kier alpha value is -3.35. The number of hydrogen-bond acceptors (Lipinski definition) is 4. The maximum atomic E-state index is 13.1. The van der Waals surface area contributed by atoms with Gasteiger partial charge in [-0.05, 0) is 44.4 Å². The minimum absolute atomic E-state index is 0.245. The average molecular weight is 426 g/mol. The van der Waals surface area contributed by atoms with Gasteiger partial charge in [0.1, 0.15) is 17.7 Å². The maximum absolute atomic E-state index is 13.1. The van der Waals surface area contributed by atoms with Crippen LogP contribution in [-0.2, 0) is 27.2 Å². The molecule has 166 valence electrons. The first-order chi connectivity index (χ1) is 14.5. The van der Waals surface area contributed by atoms with E-state index in [1.54, 1.807) is 20.8 Å². The number of rotatable bonds is 8. The van der Waals surface area contributed by atoms with Crippen molar-refractivity contribution in [2.75, 3.05) is 0 Å². The molecule has 0 radical (unpaired) electrons.